The molecule has 1 N–H and O–H groups in total. The number of aromatic nitrogens is 1. The van der Waals surface area contributed by atoms with Crippen LogP contribution in [0.1, 0.15) is 42.8 Å². The van der Waals surface area contributed by atoms with E-state index in [9.17, 15) is 0 Å². The Bertz CT molecular complexity index is 351. The van der Waals surface area contributed by atoms with E-state index in [1.165, 1.54) is 15.6 Å². The molecule has 0 spiro atoms. The zero-order chi connectivity index (χ0) is 12.9. The largest absolute Gasteiger partial charge is 0.385 e. The molecule has 3 nitrogen and oxygen atoms in total. The Morgan fingerprint density at radius 1 is 1.41 bits per heavy atom. The van der Waals surface area contributed by atoms with Crippen LogP contribution in [0, 0.1) is 6.92 Å². The highest BCUT2D eigenvalue weighted by molar-refractivity contribution is 7.11. The summed E-state index contributed by atoms with van der Waals surface area (Å²) in [4.78, 5) is 6.11. The van der Waals surface area contributed by atoms with Gasteiger partial charge in [-0.15, -0.1) is 11.3 Å². The van der Waals surface area contributed by atoms with Gasteiger partial charge in [0.25, 0.3) is 0 Å². The van der Waals surface area contributed by atoms with Crippen LogP contribution in [0.25, 0.3) is 0 Å². The number of thiazole rings is 1. The maximum atomic E-state index is 5.21. The Kier molecular flexibility index (Phi) is 5.56. The molecule has 0 bridgehead atoms. The first-order valence-corrected chi connectivity index (χ1v) is 7.09. The molecule has 98 valence electrons. The minimum Gasteiger partial charge on any atom is -0.385 e. The third kappa shape index (κ3) is 3.50. The number of nitrogens with one attached hydrogen (secondary N) is 1. The van der Waals surface area contributed by atoms with Crippen LogP contribution in [0.4, 0.5) is 0 Å². The molecule has 1 aromatic heterocycles. The van der Waals surface area contributed by atoms with Gasteiger partial charge in [0.2, 0.25) is 0 Å². The second kappa shape index (κ2) is 6.47. The van der Waals surface area contributed by atoms with Crippen LogP contribution >= 0.6 is 11.3 Å². The maximum absolute atomic E-state index is 5.21. The lowest BCUT2D eigenvalue weighted by Crippen LogP contribution is -2.40. The molecule has 0 saturated heterocycles. The highest BCUT2D eigenvalue weighted by atomic mass is 32.1. The molecular weight excluding hydrogens is 232 g/mol. The van der Waals surface area contributed by atoms with Crippen molar-refractivity contribution in [3.8, 4) is 0 Å². The maximum Gasteiger partial charge on any atom is 0.113 e. The third-order valence-corrected chi connectivity index (χ3v) is 4.35. The first-order valence-electron chi connectivity index (χ1n) is 6.28. The fraction of sp³-hybridized carbons (Fsp3) is 0.769. The van der Waals surface area contributed by atoms with Crippen molar-refractivity contribution in [2.45, 2.75) is 46.1 Å². The lowest BCUT2D eigenvalue weighted by atomic mass is 9.99. The molecule has 1 rings (SSSR count). The van der Waals surface area contributed by atoms with Crippen molar-refractivity contribution in [2.24, 2.45) is 0 Å². The van der Waals surface area contributed by atoms with Gasteiger partial charge in [-0.25, -0.2) is 4.98 Å². The molecule has 0 amide bonds. The molecule has 0 aliphatic heterocycles. The summed E-state index contributed by atoms with van der Waals surface area (Å²) in [5.41, 5.74) is 1.17. The summed E-state index contributed by atoms with van der Waals surface area (Å²) in [5, 5.41) is 4.73. The van der Waals surface area contributed by atoms with Crippen molar-refractivity contribution < 1.29 is 4.74 Å². The summed E-state index contributed by atoms with van der Waals surface area (Å²) in [6.45, 7) is 10.4. The lowest BCUT2D eigenvalue weighted by molar-refractivity contribution is 0.160. The van der Waals surface area contributed by atoms with E-state index in [1.807, 2.05) is 11.3 Å². The average Bonchev–Trinajstić information content (AvgIpc) is 2.69. The summed E-state index contributed by atoms with van der Waals surface area (Å²) in [7, 11) is 1.75. The smallest absolute Gasteiger partial charge is 0.113 e. The SMILES string of the molecule is CCNC(C)(CCOC)c1nc(CC)c(C)s1. The fourth-order valence-corrected chi connectivity index (χ4v) is 3.11. The minimum absolute atomic E-state index is 0.0619. The minimum atomic E-state index is -0.0619. The van der Waals surface area contributed by atoms with Gasteiger partial charge in [-0.3, -0.25) is 0 Å². The summed E-state index contributed by atoms with van der Waals surface area (Å²) in [6, 6.07) is 0. The van der Waals surface area contributed by atoms with E-state index in [2.05, 4.69) is 33.0 Å². The molecule has 1 heterocycles. The van der Waals surface area contributed by atoms with E-state index in [4.69, 9.17) is 9.72 Å². The molecule has 0 aliphatic carbocycles. The van der Waals surface area contributed by atoms with Crippen LogP contribution in [-0.2, 0) is 16.7 Å². The van der Waals surface area contributed by atoms with Gasteiger partial charge in [-0.1, -0.05) is 13.8 Å². The molecule has 17 heavy (non-hydrogen) atoms. The van der Waals surface area contributed by atoms with Crippen molar-refractivity contribution >= 4 is 11.3 Å². The normalized spacial score (nSPS) is 14.9. The van der Waals surface area contributed by atoms with Crippen LogP contribution < -0.4 is 5.32 Å². The first-order chi connectivity index (χ1) is 8.07. The number of hydrogen-bond acceptors (Lipinski definition) is 4. The number of methoxy groups -OCH3 is 1. The lowest BCUT2D eigenvalue weighted by Gasteiger charge is -2.28. The molecule has 1 unspecified atom stereocenters. The summed E-state index contributed by atoms with van der Waals surface area (Å²) < 4.78 is 5.21. The third-order valence-electron chi connectivity index (χ3n) is 3.07. The van der Waals surface area contributed by atoms with E-state index >= 15 is 0 Å². The Labute approximate surface area is 109 Å². The van der Waals surface area contributed by atoms with E-state index in [-0.39, 0.29) is 5.54 Å². The molecule has 0 aromatic carbocycles. The summed E-state index contributed by atoms with van der Waals surface area (Å²) >= 11 is 1.81. The molecule has 1 atom stereocenters. The number of hydrogen-bond donors (Lipinski definition) is 1. The second-order valence-corrected chi connectivity index (χ2v) is 5.68. The van der Waals surface area contributed by atoms with Gasteiger partial charge in [-0.05, 0) is 33.2 Å². The monoisotopic (exact) mass is 256 g/mol. The van der Waals surface area contributed by atoms with E-state index in [1.54, 1.807) is 7.11 Å². The van der Waals surface area contributed by atoms with E-state index in [0.29, 0.717) is 0 Å². The molecule has 0 fully saturated rings. The van der Waals surface area contributed by atoms with Gasteiger partial charge in [0.15, 0.2) is 0 Å². The van der Waals surface area contributed by atoms with Crippen molar-refractivity contribution in [1.29, 1.82) is 0 Å². The number of ether oxygens (including phenoxy) is 1. The van der Waals surface area contributed by atoms with Crippen LogP contribution in [0.2, 0.25) is 0 Å². The predicted octanol–water partition coefficient (Wildman–Crippen LogP) is 2.88. The molecular formula is C13H24N2OS. The Balaban J connectivity index is 2.95. The topological polar surface area (TPSA) is 34.1 Å². The average molecular weight is 256 g/mol. The first kappa shape index (κ1) is 14.6. The second-order valence-electron chi connectivity index (χ2n) is 4.48. The van der Waals surface area contributed by atoms with Gasteiger partial charge < -0.3 is 10.1 Å². The molecule has 0 aliphatic rings. The molecule has 4 heteroatoms. The van der Waals surface area contributed by atoms with Crippen LogP contribution in [0.5, 0.6) is 0 Å². The van der Waals surface area contributed by atoms with Crippen LogP contribution in [-0.4, -0.2) is 25.2 Å². The fourth-order valence-electron chi connectivity index (χ4n) is 1.96. The quantitative estimate of drug-likeness (QED) is 0.814. The van der Waals surface area contributed by atoms with E-state index < -0.39 is 0 Å². The van der Waals surface area contributed by atoms with Gasteiger partial charge in [0, 0.05) is 18.6 Å². The van der Waals surface area contributed by atoms with Gasteiger partial charge in [0.1, 0.15) is 5.01 Å². The van der Waals surface area contributed by atoms with Crippen LogP contribution in [0.3, 0.4) is 0 Å². The van der Waals surface area contributed by atoms with Crippen molar-refractivity contribution in [1.82, 2.24) is 10.3 Å². The highest BCUT2D eigenvalue weighted by Gasteiger charge is 2.29. The van der Waals surface area contributed by atoms with Crippen molar-refractivity contribution in [2.75, 3.05) is 20.3 Å². The predicted molar refractivity (Wildman–Crippen MR) is 73.8 cm³/mol. The van der Waals surface area contributed by atoms with Crippen molar-refractivity contribution in [3.05, 3.63) is 15.6 Å². The van der Waals surface area contributed by atoms with E-state index in [0.717, 1.165) is 26.0 Å². The van der Waals surface area contributed by atoms with Gasteiger partial charge in [0.05, 0.1) is 11.2 Å². The Hall–Kier alpha value is -0.450. The number of nitrogens with zero attached hydrogens (tertiary/aromatic N) is 1. The van der Waals surface area contributed by atoms with Gasteiger partial charge in [-0.2, -0.15) is 0 Å². The molecule has 0 saturated carbocycles. The zero-order valence-electron chi connectivity index (χ0n) is 11.6. The Morgan fingerprint density at radius 2 is 2.12 bits per heavy atom. The summed E-state index contributed by atoms with van der Waals surface area (Å²) in [5.74, 6) is 0. The van der Waals surface area contributed by atoms with Crippen LogP contribution in [0.15, 0.2) is 0 Å². The van der Waals surface area contributed by atoms with Crippen molar-refractivity contribution in [3.63, 3.8) is 0 Å². The summed E-state index contributed by atoms with van der Waals surface area (Å²) in [6.07, 6.45) is 1.96. The standard InChI is InChI=1S/C13H24N2OS/c1-6-11-10(3)17-12(15-11)13(4,14-7-2)8-9-16-5/h14H,6-9H2,1-5H3. The number of rotatable bonds is 7. The zero-order valence-corrected chi connectivity index (χ0v) is 12.4. The molecule has 1 aromatic rings. The highest BCUT2D eigenvalue weighted by Crippen LogP contribution is 2.30. The molecule has 0 radical (unpaired) electrons. The van der Waals surface area contributed by atoms with Gasteiger partial charge >= 0.3 is 0 Å². The number of aryl methyl sites for hydroxylation is 2. The Morgan fingerprint density at radius 3 is 2.59 bits per heavy atom.